The molecule has 0 spiro atoms. The smallest absolute Gasteiger partial charge is 0.427 e. The summed E-state index contributed by atoms with van der Waals surface area (Å²) in [5.41, 5.74) is 8.78. The van der Waals surface area contributed by atoms with E-state index in [1.807, 2.05) is 0 Å². The second-order valence-electron chi connectivity index (χ2n) is 9.58. The van der Waals surface area contributed by atoms with Gasteiger partial charge in [0.05, 0.1) is 17.5 Å². The topological polar surface area (TPSA) is 246 Å². The fraction of sp³-hybridized carbons (Fsp3) is 0.200. The summed E-state index contributed by atoms with van der Waals surface area (Å²) in [6.07, 6.45) is 3.02. The summed E-state index contributed by atoms with van der Waals surface area (Å²) in [6.45, 7) is 1.74. The zero-order chi connectivity index (χ0) is 32.7. The van der Waals surface area contributed by atoms with Gasteiger partial charge in [0.15, 0.2) is 16.7 Å². The van der Waals surface area contributed by atoms with Crippen LogP contribution in [0.15, 0.2) is 72.7 Å². The molecule has 0 bridgehead atoms. The molecule has 1 saturated heterocycles. The van der Waals surface area contributed by atoms with E-state index >= 15 is 0 Å². The minimum Gasteiger partial charge on any atom is -0.477 e. The van der Waals surface area contributed by atoms with Gasteiger partial charge in [0.25, 0.3) is 11.8 Å². The van der Waals surface area contributed by atoms with Gasteiger partial charge < -0.3 is 30.5 Å². The number of hydrogen-bond acceptors (Lipinski definition) is 16. The Bertz CT molecular complexity index is 1810. The first-order valence-corrected chi connectivity index (χ1v) is 15.9. The van der Waals surface area contributed by atoms with Crippen LogP contribution < -0.4 is 16.6 Å². The Labute approximate surface area is 270 Å². The summed E-state index contributed by atoms with van der Waals surface area (Å²) < 4.78 is 4.96. The van der Waals surface area contributed by atoms with Crippen molar-refractivity contribution in [1.29, 1.82) is 0 Å². The van der Waals surface area contributed by atoms with E-state index < -0.39 is 47.0 Å². The first-order chi connectivity index (χ1) is 22.0. The second kappa shape index (κ2) is 12.3. The van der Waals surface area contributed by atoms with E-state index in [-0.39, 0.29) is 33.8 Å². The van der Waals surface area contributed by atoms with Crippen LogP contribution in [0.3, 0.4) is 0 Å². The molecule has 0 saturated carbocycles. The lowest BCUT2D eigenvalue weighted by atomic mass is 10.0. The van der Waals surface area contributed by atoms with Crippen molar-refractivity contribution in [2.75, 3.05) is 17.2 Å². The van der Waals surface area contributed by atoms with E-state index in [9.17, 15) is 34.2 Å². The lowest BCUT2D eigenvalue weighted by Crippen LogP contribution is -2.71. The van der Waals surface area contributed by atoms with Crippen LogP contribution in [0.5, 0.6) is 0 Å². The van der Waals surface area contributed by atoms with Gasteiger partial charge in [-0.25, -0.2) is 29.4 Å². The molecule has 1 fully saturated rings. The number of nitrogens with zero attached hydrogens (tertiary/aromatic N) is 6. The number of aromatic nitrogens is 1. The molecule has 6 rings (SSSR count). The number of thioether (sulfide) groups is 2. The van der Waals surface area contributed by atoms with Crippen LogP contribution in [0.4, 0.5) is 9.93 Å². The maximum atomic E-state index is 13.3. The monoisotopic (exact) mass is 687 g/mol. The number of carbonyl (C=O) groups excluding carboxylic acids is 3. The number of hydrazine groups is 2. The van der Waals surface area contributed by atoms with E-state index in [0.29, 0.717) is 22.1 Å². The average Bonchev–Trinajstić information content (AvgIpc) is 3.79. The zero-order valence-electron chi connectivity index (χ0n) is 23.3. The third-order valence-corrected chi connectivity index (χ3v) is 9.69. The predicted octanol–water partition coefficient (Wildman–Crippen LogP) is 1.18. The van der Waals surface area contributed by atoms with Gasteiger partial charge in [-0.1, -0.05) is 5.16 Å². The number of nitrogens with two attached hydrogens (primary N) is 1. The first kappa shape index (κ1) is 30.9. The van der Waals surface area contributed by atoms with Crippen LogP contribution in [0, 0.1) is 0 Å². The number of β-lactam (4-membered cyclic amide) rings is 1. The molecule has 238 valence electrons. The quantitative estimate of drug-likeness (QED) is 0.108. The highest BCUT2D eigenvalue weighted by atomic mass is 32.2. The SMILES string of the molecule is CC1=NC2=CN(C(=O)O)NN2C(SCC2=C(C(=O)O)N3C(=O)[C@@H](NC(=O)C(=NOC(=O)c4ccco4)c4csc(N)n4)[C@H]3SC2)=C1. The van der Waals surface area contributed by atoms with Gasteiger partial charge in [-0.15, -0.1) is 40.4 Å². The van der Waals surface area contributed by atoms with Crippen LogP contribution in [-0.2, 0) is 19.2 Å². The van der Waals surface area contributed by atoms with E-state index in [4.69, 9.17) is 15.0 Å². The van der Waals surface area contributed by atoms with Gasteiger partial charge in [-0.05, 0) is 30.7 Å². The molecule has 21 heteroatoms. The highest BCUT2D eigenvalue weighted by Crippen LogP contribution is 2.42. The summed E-state index contributed by atoms with van der Waals surface area (Å²) in [4.78, 5) is 76.9. The summed E-state index contributed by atoms with van der Waals surface area (Å²) in [6, 6.07) is 1.68. The number of nitrogen functional groups attached to an aromatic ring is 1. The van der Waals surface area contributed by atoms with E-state index in [0.717, 1.165) is 21.2 Å². The number of aliphatic imine (C=N–C) groups is 1. The molecular weight excluding hydrogens is 667 g/mol. The molecule has 2 aromatic rings. The van der Waals surface area contributed by atoms with Gasteiger partial charge in [-0.3, -0.25) is 14.5 Å². The van der Waals surface area contributed by atoms with Gasteiger partial charge in [-0.2, -0.15) is 5.01 Å². The number of fused-ring (bicyclic) bond motifs is 2. The number of thiazole rings is 1. The van der Waals surface area contributed by atoms with E-state index in [1.54, 1.807) is 13.0 Å². The Morgan fingerprint density at radius 1 is 1.33 bits per heavy atom. The second-order valence-corrected chi connectivity index (χ2v) is 12.6. The molecule has 6 heterocycles. The number of furan rings is 1. The molecule has 4 aliphatic heterocycles. The minimum atomic E-state index is -1.32. The lowest BCUT2D eigenvalue weighted by Gasteiger charge is -2.49. The maximum absolute atomic E-state index is 13.3. The van der Waals surface area contributed by atoms with Crippen molar-refractivity contribution in [3.63, 3.8) is 0 Å². The van der Waals surface area contributed by atoms with Crippen molar-refractivity contribution in [2.45, 2.75) is 18.3 Å². The summed E-state index contributed by atoms with van der Waals surface area (Å²) in [7, 11) is 0. The van der Waals surface area contributed by atoms with E-state index in [2.05, 4.69) is 26.0 Å². The van der Waals surface area contributed by atoms with Gasteiger partial charge in [0, 0.05) is 22.6 Å². The van der Waals surface area contributed by atoms with Gasteiger partial charge >= 0.3 is 18.0 Å². The Kier molecular flexibility index (Phi) is 8.29. The molecule has 18 nitrogen and oxygen atoms in total. The Morgan fingerprint density at radius 2 is 2.13 bits per heavy atom. The van der Waals surface area contributed by atoms with Gasteiger partial charge in [0.1, 0.15) is 22.8 Å². The Balaban J connectivity index is 1.16. The maximum Gasteiger partial charge on any atom is 0.427 e. The number of amides is 3. The molecule has 46 heavy (non-hydrogen) atoms. The minimum absolute atomic E-state index is 0.00753. The Morgan fingerprint density at radius 3 is 2.80 bits per heavy atom. The number of oxime groups is 1. The number of carbonyl (C=O) groups is 5. The third kappa shape index (κ3) is 5.82. The van der Waals surface area contributed by atoms with Gasteiger partial charge in [0.2, 0.25) is 5.76 Å². The molecule has 0 radical (unpaired) electrons. The number of allylic oxidation sites excluding steroid dienone is 1. The molecule has 0 aromatic carbocycles. The zero-order valence-corrected chi connectivity index (χ0v) is 25.7. The third-order valence-electron chi connectivity index (χ3n) is 6.58. The standard InChI is InChI=1S/C25H21N9O9S3/c1-10-5-15(34-14(27-10)6-32(31-34)25(40)41)44-7-11-8-45-21-17(20(36)33(21)18(11)22(37)38)29-19(35)16(12-9-46-24(26)28-12)30-43-23(39)13-3-2-4-42-13/h2-6,9,17,21,31H,7-8H2,1H3,(H2,26,28)(H,29,35)(H,37,38)(H,40,41)/t17-,21-/m1/s1. The summed E-state index contributed by atoms with van der Waals surface area (Å²) in [5, 5.41) is 29.2. The molecular formula is C25H21N9O9S3. The summed E-state index contributed by atoms with van der Waals surface area (Å²) in [5.74, 6) is -3.32. The fourth-order valence-corrected chi connectivity index (χ4v) is 7.66. The van der Waals surface area contributed by atoms with Crippen molar-refractivity contribution in [2.24, 2.45) is 10.1 Å². The number of anilines is 1. The van der Waals surface area contributed by atoms with Crippen LogP contribution in [0.1, 0.15) is 23.2 Å². The van der Waals surface area contributed by atoms with Crippen molar-refractivity contribution >= 4 is 81.3 Å². The van der Waals surface area contributed by atoms with E-state index in [1.165, 1.54) is 58.5 Å². The highest BCUT2D eigenvalue weighted by molar-refractivity contribution is 8.03. The van der Waals surface area contributed by atoms with Crippen molar-refractivity contribution in [1.82, 2.24) is 30.8 Å². The first-order valence-electron chi connectivity index (χ1n) is 13.0. The molecule has 0 aliphatic carbocycles. The molecule has 2 atom stereocenters. The molecule has 2 aromatic heterocycles. The van der Waals surface area contributed by atoms with Crippen molar-refractivity contribution < 1.29 is 43.4 Å². The Hall–Kier alpha value is -5.12. The van der Waals surface area contributed by atoms with Crippen LogP contribution >= 0.6 is 34.9 Å². The lowest BCUT2D eigenvalue weighted by molar-refractivity contribution is -0.150. The molecule has 6 N–H and O–H groups in total. The normalized spacial score (nSPS) is 20.7. The largest absolute Gasteiger partial charge is 0.477 e. The van der Waals surface area contributed by atoms with Crippen LogP contribution in [0.2, 0.25) is 0 Å². The average molecular weight is 688 g/mol. The number of rotatable bonds is 9. The number of nitrogens with one attached hydrogen (secondary N) is 2. The summed E-state index contributed by atoms with van der Waals surface area (Å²) >= 11 is 3.49. The number of carboxylic acid groups (broad SMARTS) is 2. The van der Waals surface area contributed by atoms with Crippen molar-refractivity contribution in [3.05, 3.63) is 69.6 Å². The van der Waals surface area contributed by atoms with Crippen LogP contribution in [0.25, 0.3) is 0 Å². The van der Waals surface area contributed by atoms with Crippen LogP contribution in [-0.4, -0.2) is 94.3 Å². The number of aliphatic carboxylic acids is 1. The molecule has 0 unspecified atom stereocenters. The number of carboxylic acids is 1. The fourth-order valence-electron chi connectivity index (χ4n) is 4.56. The predicted molar refractivity (Wildman–Crippen MR) is 163 cm³/mol. The van der Waals surface area contributed by atoms with Crippen molar-refractivity contribution in [3.8, 4) is 0 Å². The highest BCUT2D eigenvalue weighted by Gasteiger charge is 2.54. The molecule has 3 amide bonds. The molecule has 4 aliphatic rings. The number of hydrogen-bond donors (Lipinski definition) is 5.